The Bertz CT molecular complexity index is 788. The topological polar surface area (TPSA) is 44.0 Å². The van der Waals surface area contributed by atoms with E-state index in [9.17, 15) is 9.59 Å². The van der Waals surface area contributed by atoms with Crippen molar-refractivity contribution in [3.05, 3.63) is 68.0 Å². The lowest BCUT2D eigenvalue weighted by Crippen LogP contribution is -2.41. The van der Waals surface area contributed by atoms with Crippen molar-refractivity contribution in [3.8, 4) is 0 Å². The van der Waals surface area contributed by atoms with E-state index in [2.05, 4.69) is 0 Å². The summed E-state index contributed by atoms with van der Waals surface area (Å²) >= 11 is 5.96. The molecule has 0 spiro atoms. The second-order valence-corrected chi connectivity index (χ2v) is 6.76. The van der Waals surface area contributed by atoms with E-state index in [0.29, 0.717) is 24.0 Å². The van der Waals surface area contributed by atoms with Crippen molar-refractivity contribution in [3.63, 3.8) is 0 Å². The van der Waals surface area contributed by atoms with E-state index in [1.54, 1.807) is 23.0 Å². The third-order valence-corrected chi connectivity index (χ3v) is 4.79. The molecule has 1 aromatic heterocycles. The second kappa shape index (κ2) is 7.18. The fourth-order valence-electron chi connectivity index (χ4n) is 3.29. The maximum absolute atomic E-state index is 12.3. The van der Waals surface area contributed by atoms with Gasteiger partial charge in [0.2, 0.25) is 0 Å². The molecule has 0 bridgehead atoms. The quantitative estimate of drug-likeness (QED) is 0.806. The molecule has 23 heavy (non-hydrogen) atoms. The summed E-state index contributed by atoms with van der Waals surface area (Å²) in [5.74, 6) is 0.518. The molecule has 1 aromatic carbocycles. The van der Waals surface area contributed by atoms with E-state index in [0.717, 1.165) is 18.4 Å². The highest BCUT2D eigenvalue weighted by atomic mass is 35.5. The summed E-state index contributed by atoms with van der Waals surface area (Å²) in [6.07, 6.45) is 9.48. The maximum atomic E-state index is 12.3. The summed E-state index contributed by atoms with van der Waals surface area (Å²) in [4.78, 5) is 24.6. The molecule has 0 saturated heterocycles. The molecule has 2 aromatic rings. The number of hydrogen-bond donors (Lipinski definition) is 0. The van der Waals surface area contributed by atoms with Gasteiger partial charge in [0.05, 0.1) is 6.54 Å². The summed E-state index contributed by atoms with van der Waals surface area (Å²) in [7, 11) is 0. The van der Waals surface area contributed by atoms with Crippen LogP contribution in [0.4, 0.5) is 0 Å². The first-order valence-corrected chi connectivity index (χ1v) is 8.55. The first-order chi connectivity index (χ1) is 11.1. The lowest BCUT2D eigenvalue weighted by molar-refractivity contribution is 0.314. The minimum Gasteiger partial charge on any atom is -0.309 e. The van der Waals surface area contributed by atoms with Crippen LogP contribution < -0.4 is 11.1 Å². The van der Waals surface area contributed by atoms with Gasteiger partial charge in [-0.3, -0.25) is 9.59 Å². The van der Waals surface area contributed by atoms with Crippen LogP contribution in [0.15, 0.2) is 46.2 Å². The predicted octanol–water partition coefficient (Wildman–Crippen LogP) is 3.29. The minimum atomic E-state index is -0.469. The molecule has 1 heterocycles. The summed E-state index contributed by atoms with van der Waals surface area (Å²) in [6.45, 7) is 1.02. The Hall–Kier alpha value is -1.81. The molecule has 1 fully saturated rings. The molecular weight excluding hydrogens is 312 g/mol. The van der Waals surface area contributed by atoms with Gasteiger partial charge in [-0.1, -0.05) is 43.0 Å². The van der Waals surface area contributed by atoms with Crippen molar-refractivity contribution >= 4 is 11.6 Å². The van der Waals surface area contributed by atoms with Crippen molar-refractivity contribution in [2.45, 2.75) is 45.2 Å². The maximum Gasteiger partial charge on any atom is 0.316 e. The molecule has 1 aliphatic carbocycles. The van der Waals surface area contributed by atoms with Crippen molar-refractivity contribution < 1.29 is 0 Å². The van der Waals surface area contributed by atoms with Crippen LogP contribution in [0, 0.1) is 5.92 Å². The first kappa shape index (κ1) is 16.1. The highest BCUT2D eigenvalue weighted by Gasteiger charge is 2.15. The van der Waals surface area contributed by atoms with E-state index < -0.39 is 11.1 Å². The molecule has 122 valence electrons. The van der Waals surface area contributed by atoms with Crippen molar-refractivity contribution in [2.24, 2.45) is 5.92 Å². The fourth-order valence-corrected chi connectivity index (χ4v) is 3.50. The molecule has 0 atom stereocenters. The van der Waals surface area contributed by atoms with Crippen LogP contribution in [-0.2, 0) is 13.1 Å². The largest absolute Gasteiger partial charge is 0.316 e. The van der Waals surface area contributed by atoms with E-state index in [-0.39, 0.29) is 0 Å². The molecule has 4 nitrogen and oxygen atoms in total. The Labute approximate surface area is 140 Å². The molecule has 0 radical (unpaired) electrons. The zero-order valence-electron chi connectivity index (χ0n) is 13.1. The third-order valence-electron chi connectivity index (χ3n) is 4.55. The van der Waals surface area contributed by atoms with Gasteiger partial charge in [-0.05, 0) is 36.5 Å². The first-order valence-electron chi connectivity index (χ1n) is 8.18. The highest BCUT2D eigenvalue weighted by molar-refractivity contribution is 6.30. The van der Waals surface area contributed by atoms with Crippen LogP contribution in [0.1, 0.15) is 37.7 Å². The van der Waals surface area contributed by atoms with E-state index in [1.807, 2.05) is 18.2 Å². The lowest BCUT2D eigenvalue weighted by atomic mass is 9.89. The van der Waals surface area contributed by atoms with E-state index >= 15 is 0 Å². The van der Waals surface area contributed by atoms with Crippen LogP contribution in [0.5, 0.6) is 0 Å². The molecule has 0 unspecified atom stereocenters. The summed E-state index contributed by atoms with van der Waals surface area (Å²) < 4.78 is 3.03. The van der Waals surface area contributed by atoms with Gasteiger partial charge in [-0.25, -0.2) is 0 Å². The monoisotopic (exact) mass is 332 g/mol. The van der Waals surface area contributed by atoms with Gasteiger partial charge >= 0.3 is 11.1 Å². The Morgan fingerprint density at radius 2 is 1.70 bits per heavy atom. The van der Waals surface area contributed by atoms with E-state index in [4.69, 9.17) is 11.6 Å². The summed E-state index contributed by atoms with van der Waals surface area (Å²) in [5, 5.41) is 0.626. The standard InChI is InChI=1S/C18H21ClN2O2/c19-16-8-4-7-15(11-16)13-21-10-9-20(17(22)18(21)23)12-14-5-2-1-3-6-14/h4,7-11,14H,1-3,5-6,12-13H2. The third kappa shape index (κ3) is 3.94. The second-order valence-electron chi connectivity index (χ2n) is 6.32. The molecule has 5 heteroatoms. The van der Waals surface area contributed by atoms with Gasteiger partial charge in [0.1, 0.15) is 0 Å². The number of aromatic nitrogens is 2. The van der Waals surface area contributed by atoms with Crippen molar-refractivity contribution in [2.75, 3.05) is 0 Å². The van der Waals surface area contributed by atoms with Gasteiger partial charge in [-0.15, -0.1) is 0 Å². The number of nitrogens with zero attached hydrogens (tertiary/aromatic N) is 2. The highest BCUT2D eigenvalue weighted by Crippen LogP contribution is 2.24. The molecular formula is C18H21ClN2O2. The van der Waals surface area contributed by atoms with Gasteiger partial charge in [-0.2, -0.15) is 0 Å². The average Bonchev–Trinajstić information content (AvgIpc) is 2.56. The van der Waals surface area contributed by atoms with Crippen LogP contribution >= 0.6 is 11.6 Å². The van der Waals surface area contributed by atoms with Crippen molar-refractivity contribution in [1.29, 1.82) is 0 Å². The van der Waals surface area contributed by atoms with E-state index in [1.165, 1.54) is 23.8 Å². The van der Waals surface area contributed by atoms with Crippen LogP contribution in [0.3, 0.4) is 0 Å². The van der Waals surface area contributed by atoms with Crippen LogP contribution in [0.2, 0.25) is 5.02 Å². The number of halogens is 1. The Morgan fingerprint density at radius 1 is 1.00 bits per heavy atom. The molecule has 0 amide bonds. The molecule has 0 N–H and O–H groups in total. The Morgan fingerprint density at radius 3 is 2.43 bits per heavy atom. The zero-order valence-corrected chi connectivity index (χ0v) is 13.8. The molecule has 3 rings (SSSR count). The van der Waals surface area contributed by atoms with Gasteiger partial charge in [0.25, 0.3) is 0 Å². The number of benzene rings is 1. The number of hydrogen-bond acceptors (Lipinski definition) is 2. The fraction of sp³-hybridized carbons (Fsp3) is 0.444. The molecule has 1 aliphatic rings. The lowest BCUT2D eigenvalue weighted by Gasteiger charge is -2.22. The van der Waals surface area contributed by atoms with Gasteiger partial charge in [0, 0.05) is 24.0 Å². The SMILES string of the molecule is O=c1c(=O)n(CC2CCCCC2)ccn1Cc1cccc(Cl)c1. The summed E-state index contributed by atoms with van der Waals surface area (Å²) in [5.41, 5.74) is 0.00687. The summed E-state index contributed by atoms with van der Waals surface area (Å²) in [6, 6.07) is 7.33. The van der Waals surface area contributed by atoms with Crippen LogP contribution in [-0.4, -0.2) is 9.13 Å². The smallest absolute Gasteiger partial charge is 0.309 e. The van der Waals surface area contributed by atoms with Gasteiger partial charge in [0.15, 0.2) is 0 Å². The Kier molecular flexibility index (Phi) is 5.01. The normalized spacial score (nSPS) is 15.7. The molecule has 0 aliphatic heterocycles. The average molecular weight is 333 g/mol. The number of rotatable bonds is 4. The Balaban J connectivity index is 1.80. The van der Waals surface area contributed by atoms with Crippen LogP contribution in [0.25, 0.3) is 0 Å². The minimum absolute atomic E-state index is 0.360. The van der Waals surface area contributed by atoms with Crippen molar-refractivity contribution in [1.82, 2.24) is 9.13 Å². The zero-order chi connectivity index (χ0) is 16.2. The van der Waals surface area contributed by atoms with Gasteiger partial charge < -0.3 is 9.13 Å². The predicted molar refractivity (Wildman–Crippen MR) is 92.1 cm³/mol. The molecule has 1 saturated carbocycles.